The van der Waals surface area contributed by atoms with Gasteiger partial charge in [-0.1, -0.05) is 175 Å². The second kappa shape index (κ2) is 26.4. The Morgan fingerprint density at radius 1 is 0.500 bits per heavy atom. The molecular weight excluding hydrogens is 460 g/mol. The molecule has 0 aromatic carbocycles. The van der Waals surface area contributed by atoms with Crippen molar-refractivity contribution in [1.82, 2.24) is 9.55 Å². The van der Waals surface area contributed by atoms with Crippen LogP contribution in [0.3, 0.4) is 0 Å². The molecule has 0 radical (unpaired) electrons. The van der Waals surface area contributed by atoms with E-state index in [-0.39, 0.29) is 0 Å². The Labute approximate surface area is 240 Å². The zero-order chi connectivity index (χ0) is 27.5. The van der Waals surface area contributed by atoms with Gasteiger partial charge in [-0.15, -0.1) is 0 Å². The van der Waals surface area contributed by atoms with Crippen LogP contribution in [-0.4, -0.2) is 9.55 Å². The Bertz CT molecular complexity index is 592. The Morgan fingerprint density at radius 3 is 1.24 bits per heavy atom. The third-order valence-electron chi connectivity index (χ3n) is 8.81. The molecule has 0 amide bonds. The molecule has 0 saturated carbocycles. The molecule has 0 bridgehead atoms. The molecule has 2 atom stereocenters. The molecule has 2 unspecified atom stereocenters. The van der Waals surface area contributed by atoms with Crippen molar-refractivity contribution in [2.24, 2.45) is 0 Å². The maximum Gasteiger partial charge on any atom is 0.111 e. The SMILES string of the molecule is CCCCCCCCCCCCCCCCCCC(CCCCCCCCC)c1nccn1C(C)CCC. The van der Waals surface area contributed by atoms with E-state index in [9.17, 15) is 0 Å². The van der Waals surface area contributed by atoms with Gasteiger partial charge in [0, 0.05) is 24.4 Å². The van der Waals surface area contributed by atoms with Crippen LogP contribution >= 0.6 is 0 Å². The van der Waals surface area contributed by atoms with Crippen molar-refractivity contribution < 1.29 is 0 Å². The molecule has 0 aliphatic rings. The number of aromatic nitrogens is 2. The highest BCUT2D eigenvalue weighted by molar-refractivity contribution is 5.02. The minimum Gasteiger partial charge on any atom is -0.332 e. The second-order valence-electron chi connectivity index (χ2n) is 12.5. The van der Waals surface area contributed by atoms with Crippen molar-refractivity contribution in [3.8, 4) is 0 Å². The lowest BCUT2D eigenvalue weighted by atomic mass is 9.93. The van der Waals surface area contributed by atoms with Crippen LogP contribution < -0.4 is 0 Å². The monoisotopic (exact) mass is 531 g/mol. The normalized spacial score (nSPS) is 13.3. The summed E-state index contributed by atoms with van der Waals surface area (Å²) in [6, 6.07) is 0.583. The van der Waals surface area contributed by atoms with Gasteiger partial charge in [0.15, 0.2) is 0 Å². The Morgan fingerprint density at radius 2 is 0.868 bits per heavy atom. The van der Waals surface area contributed by atoms with Crippen molar-refractivity contribution in [1.29, 1.82) is 0 Å². The first-order valence-electron chi connectivity index (χ1n) is 17.8. The van der Waals surface area contributed by atoms with E-state index in [1.807, 2.05) is 0 Å². The molecule has 2 heteroatoms. The highest BCUT2D eigenvalue weighted by Crippen LogP contribution is 2.30. The molecule has 38 heavy (non-hydrogen) atoms. The van der Waals surface area contributed by atoms with Crippen LogP contribution in [-0.2, 0) is 0 Å². The molecule has 1 heterocycles. The standard InChI is InChI=1S/C36H70N2/c1-5-8-10-12-14-15-16-17-18-19-20-21-22-24-26-28-31-35(30-27-25-23-13-11-9-6-2)36-37-32-33-38(36)34(4)29-7-3/h32-35H,5-31H2,1-4H3. The fourth-order valence-electron chi connectivity index (χ4n) is 6.26. The number of hydrogen-bond donors (Lipinski definition) is 0. The van der Waals surface area contributed by atoms with Gasteiger partial charge in [-0.25, -0.2) is 4.98 Å². The smallest absolute Gasteiger partial charge is 0.111 e. The van der Waals surface area contributed by atoms with Crippen LogP contribution in [0.1, 0.15) is 219 Å². The number of unbranched alkanes of at least 4 members (excludes halogenated alkanes) is 21. The van der Waals surface area contributed by atoms with Crippen molar-refractivity contribution >= 4 is 0 Å². The summed E-state index contributed by atoms with van der Waals surface area (Å²) in [4.78, 5) is 4.91. The van der Waals surface area contributed by atoms with Crippen molar-refractivity contribution in [2.75, 3.05) is 0 Å². The van der Waals surface area contributed by atoms with E-state index in [0.717, 1.165) is 0 Å². The van der Waals surface area contributed by atoms with Crippen LogP contribution in [0.25, 0.3) is 0 Å². The summed E-state index contributed by atoms with van der Waals surface area (Å²) in [7, 11) is 0. The zero-order valence-corrected chi connectivity index (χ0v) is 26.8. The summed E-state index contributed by atoms with van der Waals surface area (Å²) in [6.07, 6.45) is 42.5. The van der Waals surface area contributed by atoms with Crippen LogP contribution in [0.2, 0.25) is 0 Å². The Hall–Kier alpha value is -0.790. The third-order valence-corrected chi connectivity index (χ3v) is 8.81. The molecule has 0 spiro atoms. The first kappa shape index (κ1) is 35.2. The highest BCUT2D eigenvalue weighted by atomic mass is 15.1. The Kier molecular flexibility index (Phi) is 24.5. The predicted octanol–water partition coefficient (Wildman–Crippen LogP) is 13.1. The van der Waals surface area contributed by atoms with Crippen molar-refractivity contribution in [3.05, 3.63) is 18.2 Å². The van der Waals surface area contributed by atoms with Crippen LogP contribution in [0, 0.1) is 0 Å². The summed E-state index contributed by atoms with van der Waals surface area (Å²) >= 11 is 0. The van der Waals surface area contributed by atoms with E-state index in [2.05, 4.69) is 44.7 Å². The van der Waals surface area contributed by atoms with Gasteiger partial charge in [-0.2, -0.15) is 0 Å². The summed E-state index contributed by atoms with van der Waals surface area (Å²) < 4.78 is 2.52. The fourth-order valence-corrected chi connectivity index (χ4v) is 6.26. The largest absolute Gasteiger partial charge is 0.332 e. The van der Waals surface area contributed by atoms with Crippen molar-refractivity contribution in [2.45, 2.75) is 213 Å². The lowest BCUT2D eigenvalue weighted by Crippen LogP contribution is -2.13. The second-order valence-corrected chi connectivity index (χ2v) is 12.5. The number of rotatable bonds is 29. The molecule has 0 N–H and O–H groups in total. The summed E-state index contributed by atoms with van der Waals surface area (Å²) in [5, 5.41) is 0. The molecule has 0 fully saturated rings. The first-order chi connectivity index (χ1) is 18.7. The van der Waals surface area contributed by atoms with Gasteiger partial charge in [0.2, 0.25) is 0 Å². The Balaban J connectivity index is 2.21. The summed E-state index contributed by atoms with van der Waals surface area (Å²) in [5.41, 5.74) is 0. The predicted molar refractivity (Wildman–Crippen MR) is 171 cm³/mol. The number of nitrogens with zero attached hydrogens (tertiary/aromatic N) is 2. The van der Waals surface area contributed by atoms with Gasteiger partial charge in [0.25, 0.3) is 0 Å². The van der Waals surface area contributed by atoms with Gasteiger partial charge < -0.3 is 4.57 Å². The van der Waals surface area contributed by atoms with Crippen LogP contribution in [0.15, 0.2) is 12.4 Å². The average molecular weight is 531 g/mol. The summed E-state index contributed by atoms with van der Waals surface area (Å²) in [5.74, 6) is 2.05. The van der Waals surface area contributed by atoms with Gasteiger partial charge in [-0.3, -0.25) is 0 Å². The fraction of sp³-hybridized carbons (Fsp3) is 0.917. The van der Waals surface area contributed by atoms with Crippen LogP contribution in [0.4, 0.5) is 0 Å². The van der Waals surface area contributed by atoms with Gasteiger partial charge >= 0.3 is 0 Å². The van der Waals surface area contributed by atoms with E-state index in [0.29, 0.717) is 12.0 Å². The lowest BCUT2D eigenvalue weighted by molar-refractivity contribution is 0.421. The van der Waals surface area contributed by atoms with Gasteiger partial charge in [0.05, 0.1) is 0 Å². The molecule has 0 saturated heterocycles. The van der Waals surface area contributed by atoms with Crippen molar-refractivity contribution in [3.63, 3.8) is 0 Å². The van der Waals surface area contributed by atoms with E-state index in [1.54, 1.807) is 0 Å². The van der Waals surface area contributed by atoms with E-state index < -0.39 is 0 Å². The van der Waals surface area contributed by atoms with E-state index in [4.69, 9.17) is 4.98 Å². The first-order valence-corrected chi connectivity index (χ1v) is 17.8. The average Bonchev–Trinajstić information content (AvgIpc) is 3.41. The maximum atomic E-state index is 4.91. The topological polar surface area (TPSA) is 17.8 Å². The molecule has 1 aromatic rings. The van der Waals surface area contributed by atoms with E-state index >= 15 is 0 Å². The molecule has 224 valence electrons. The highest BCUT2D eigenvalue weighted by Gasteiger charge is 2.19. The maximum absolute atomic E-state index is 4.91. The quantitative estimate of drug-likeness (QED) is 0.0941. The molecular formula is C36H70N2. The molecule has 1 aromatic heterocycles. The van der Waals surface area contributed by atoms with E-state index in [1.165, 1.54) is 179 Å². The van der Waals surface area contributed by atoms with Gasteiger partial charge in [-0.05, 0) is 26.2 Å². The van der Waals surface area contributed by atoms with Crippen LogP contribution in [0.5, 0.6) is 0 Å². The number of imidazole rings is 1. The number of hydrogen-bond acceptors (Lipinski definition) is 1. The minimum atomic E-state index is 0.583. The lowest BCUT2D eigenvalue weighted by Gasteiger charge is -2.22. The minimum absolute atomic E-state index is 0.583. The zero-order valence-electron chi connectivity index (χ0n) is 26.8. The molecule has 0 aliphatic heterocycles. The van der Waals surface area contributed by atoms with Gasteiger partial charge in [0.1, 0.15) is 5.82 Å². The summed E-state index contributed by atoms with van der Waals surface area (Å²) in [6.45, 7) is 9.31. The third kappa shape index (κ3) is 18.5. The molecule has 1 rings (SSSR count). The molecule has 0 aliphatic carbocycles. The molecule has 2 nitrogen and oxygen atoms in total.